The highest BCUT2D eigenvalue weighted by molar-refractivity contribution is 8.00. The molecule has 4 rings (SSSR count). The largest absolute Gasteiger partial charge is 0.355 e. The van der Waals surface area contributed by atoms with E-state index in [0.29, 0.717) is 13.1 Å². The van der Waals surface area contributed by atoms with Crippen molar-refractivity contribution in [2.45, 2.75) is 30.3 Å². The van der Waals surface area contributed by atoms with Crippen LogP contribution in [-0.4, -0.2) is 32.5 Å². The van der Waals surface area contributed by atoms with Gasteiger partial charge in [-0.2, -0.15) is 0 Å². The Bertz CT molecular complexity index is 1100. The molecule has 4 aromatic rings. The molecule has 0 fully saturated rings. The lowest BCUT2D eigenvalue weighted by atomic mass is 10.1. The van der Waals surface area contributed by atoms with E-state index in [-0.39, 0.29) is 11.2 Å². The van der Waals surface area contributed by atoms with E-state index >= 15 is 0 Å². The third kappa shape index (κ3) is 5.62. The molecular formula is C24H24N4OS2. The number of hydrogen-bond acceptors (Lipinski definition) is 5. The smallest absolute Gasteiger partial charge is 0.233 e. The first-order valence-corrected chi connectivity index (χ1v) is 12.0. The number of amides is 1. The number of nitrogens with zero attached hydrogens (tertiary/aromatic N) is 3. The van der Waals surface area contributed by atoms with E-state index in [1.165, 1.54) is 22.9 Å². The molecule has 0 saturated carbocycles. The van der Waals surface area contributed by atoms with E-state index in [1.54, 1.807) is 11.3 Å². The molecule has 31 heavy (non-hydrogen) atoms. The maximum Gasteiger partial charge on any atom is 0.233 e. The van der Waals surface area contributed by atoms with E-state index in [9.17, 15) is 4.79 Å². The Hall–Kier alpha value is -2.90. The molecule has 1 atom stereocenters. The zero-order valence-electron chi connectivity index (χ0n) is 17.3. The Morgan fingerprint density at radius 3 is 2.39 bits per heavy atom. The van der Waals surface area contributed by atoms with Crippen LogP contribution in [0.25, 0.3) is 10.7 Å². The summed E-state index contributed by atoms with van der Waals surface area (Å²) in [5.41, 5.74) is 2.38. The number of carbonyl (C=O) groups is 1. The summed E-state index contributed by atoms with van der Waals surface area (Å²) in [7, 11) is 0. The molecule has 1 N–H and O–H groups in total. The Kier molecular flexibility index (Phi) is 7.17. The third-order valence-corrected chi connectivity index (χ3v) is 6.80. The highest BCUT2D eigenvalue weighted by Gasteiger charge is 2.21. The van der Waals surface area contributed by atoms with Crippen molar-refractivity contribution in [3.63, 3.8) is 0 Å². The molecule has 2 heterocycles. The van der Waals surface area contributed by atoms with E-state index < -0.39 is 0 Å². The molecule has 5 nitrogen and oxygen atoms in total. The lowest BCUT2D eigenvalue weighted by Gasteiger charge is -2.14. The van der Waals surface area contributed by atoms with Gasteiger partial charge in [0.15, 0.2) is 11.0 Å². The molecule has 2 aromatic heterocycles. The van der Waals surface area contributed by atoms with Crippen LogP contribution >= 0.6 is 23.1 Å². The quantitative estimate of drug-likeness (QED) is 0.370. The summed E-state index contributed by atoms with van der Waals surface area (Å²) in [5.74, 6) is 0.839. The van der Waals surface area contributed by atoms with Crippen molar-refractivity contribution in [3.05, 3.63) is 89.3 Å². The van der Waals surface area contributed by atoms with E-state index in [4.69, 9.17) is 0 Å². The molecule has 0 bridgehead atoms. The lowest BCUT2D eigenvalue weighted by Crippen LogP contribution is -2.32. The fourth-order valence-corrected chi connectivity index (χ4v) is 4.79. The summed E-state index contributed by atoms with van der Waals surface area (Å²) in [4.78, 5) is 13.7. The SMILES string of the molecule is CC(Sc1nnc(-c2cccs2)n1Cc1ccccc1)C(=O)NCCc1ccccc1. The second-order valence-electron chi connectivity index (χ2n) is 7.14. The summed E-state index contributed by atoms with van der Waals surface area (Å²) in [6.07, 6.45) is 0.816. The van der Waals surface area contributed by atoms with Crippen molar-refractivity contribution in [1.29, 1.82) is 0 Å². The van der Waals surface area contributed by atoms with Crippen molar-refractivity contribution >= 4 is 29.0 Å². The van der Waals surface area contributed by atoms with Gasteiger partial charge in [-0.1, -0.05) is 78.5 Å². The van der Waals surface area contributed by atoms with Crippen LogP contribution < -0.4 is 5.32 Å². The predicted molar refractivity (Wildman–Crippen MR) is 127 cm³/mol. The fraction of sp³-hybridized carbons (Fsp3) is 0.208. The average molecular weight is 449 g/mol. The summed E-state index contributed by atoms with van der Waals surface area (Å²) in [6, 6.07) is 24.5. The van der Waals surface area contributed by atoms with Gasteiger partial charge < -0.3 is 5.32 Å². The van der Waals surface area contributed by atoms with Gasteiger partial charge in [0.2, 0.25) is 5.91 Å². The summed E-state index contributed by atoms with van der Waals surface area (Å²) in [5, 5.41) is 14.4. The molecule has 158 valence electrons. The standard InChI is InChI=1S/C24H24N4OS2/c1-18(23(29)25-15-14-19-9-4-2-5-10-19)31-24-27-26-22(21-13-8-16-30-21)28(24)17-20-11-6-3-7-12-20/h2-13,16,18H,14-15,17H2,1H3,(H,25,29). The third-order valence-electron chi connectivity index (χ3n) is 4.85. The van der Waals surface area contributed by atoms with Crippen LogP contribution in [0.1, 0.15) is 18.1 Å². The number of benzene rings is 2. The maximum absolute atomic E-state index is 12.7. The highest BCUT2D eigenvalue weighted by atomic mass is 32.2. The lowest BCUT2D eigenvalue weighted by molar-refractivity contribution is -0.120. The van der Waals surface area contributed by atoms with Crippen LogP contribution in [0.15, 0.2) is 83.3 Å². The average Bonchev–Trinajstić information content (AvgIpc) is 3.46. The second-order valence-corrected chi connectivity index (χ2v) is 9.40. The second kappa shape index (κ2) is 10.4. The number of carbonyl (C=O) groups excluding carboxylic acids is 1. The maximum atomic E-state index is 12.7. The van der Waals surface area contributed by atoms with E-state index in [1.807, 2.05) is 60.8 Å². The molecule has 1 unspecified atom stereocenters. The van der Waals surface area contributed by atoms with Crippen LogP contribution in [0, 0.1) is 0 Å². The number of thioether (sulfide) groups is 1. The van der Waals surface area contributed by atoms with Crippen LogP contribution in [-0.2, 0) is 17.8 Å². The molecule has 0 spiro atoms. The number of nitrogens with one attached hydrogen (secondary N) is 1. The van der Waals surface area contributed by atoms with E-state index in [2.05, 4.69) is 44.3 Å². The van der Waals surface area contributed by atoms with Crippen molar-refractivity contribution in [2.75, 3.05) is 6.54 Å². The minimum Gasteiger partial charge on any atom is -0.355 e. The van der Waals surface area contributed by atoms with Crippen molar-refractivity contribution in [1.82, 2.24) is 20.1 Å². The summed E-state index contributed by atoms with van der Waals surface area (Å²) < 4.78 is 2.10. The van der Waals surface area contributed by atoms with Crippen LogP contribution in [0.2, 0.25) is 0 Å². The van der Waals surface area contributed by atoms with Gasteiger partial charge in [0.25, 0.3) is 0 Å². The minimum atomic E-state index is -0.273. The van der Waals surface area contributed by atoms with Crippen molar-refractivity contribution in [3.8, 4) is 10.7 Å². The topological polar surface area (TPSA) is 59.8 Å². The Balaban J connectivity index is 1.45. The normalized spacial score (nSPS) is 11.9. The number of rotatable bonds is 9. The van der Waals surface area contributed by atoms with Gasteiger partial charge in [-0.05, 0) is 35.9 Å². The minimum absolute atomic E-state index is 0.00728. The Morgan fingerprint density at radius 2 is 1.71 bits per heavy atom. The number of hydrogen-bond donors (Lipinski definition) is 1. The molecule has 7 heteroatoms. The molecule has 0 aliphatic rings. The first kappa shape index (κ1) is 21.3. The zero-order chi connectivity index (χ0) is 21.5. The van der Waals surface area contributed by atoms with Crippen molar-refractivity contribution < 1.29 is 4.79 Å². The molecule has 1 amide bonds. The molecule has 2 aromatic carbocycles. The van der Waals surface area contributed by atoms with Gasteiger partial charge in [-0.25, -0.2) is 0 Å². The van der Waals surface area contributed by atoms with Gasteiger partial charge in [0.1, 0.15) is 0 Å². The number of thiophene rings is 1. The fourth-order valence-electron chi connectivity index (χ4n) is 3.20. The summed E-state index contributed by atoms with van der Waals surface area (Å²) in [6.45, 7) is 3.19. The van der Waals surface area contributed by atoms with Crippen LogP contribution in [0.4, 0.5) is 0 Å². The van der Waals surface area contributed by atoms with Crippen LogP contribution in [0.5, 0.6) is 0 Å². The highest BCUT2D eigenvalue weighted by Crippen LogP contribution is 2.30. The molecule has 0 aliphatic heterocycles. The Labute approximate surface area is 190 Å². The number of aromatic nitrogens is 3. The molecular weight excluding hydrogens is 424 g/mol. The van der Waals surface area contributed by atoms with Gasteiger partial charge in [-0.15, -0.1) is 21.5 Å². The van der Waals surface area contributed by atoms with Crippen LogP contribution in [0.3, 0.4) is 0 Å². The first-order chi connectivity index (χ1) is 15.2. The zero-order valence-corrected chi connectivity index (χ0v) is 18.9. The van der Waals surface area contributed by atoms with Gasteiger partial charge in [0.05, 0.1) is 16.7 Å². The van der Waals surface area contributed by atoms with Crippen molar-refractivity contribution in [2.24, 2.45) is 0 Å². The molecule has 0 aliphatic carbocycles. The van der Waals surface area contributed by atoms with Gasteiger partial charge in [0, 0.05) is 6.54 Å². The van der Waals surface area contributed by atoms with E-state index in [0.717, 1.165) is 22.3 Å². The van der Waals surface area contributed by atoms with Gasteiger partial charge in [-0.3, -0.25) is 9.36 Å². The predicted octanol–water partition coefficient (Wildman–Crippen LogP) is 4.89. The monoisotopic (exact) mass is 448 g/mol. The summed E-state index contributed by atoms with van der Waals surface area (Å²) >= 11 is 3.08. The Morgan fingerprint density at radius 1 is 1.00 bits per heavy atom. The molecule has 0 radical (unpaired) electrons. The van der Waals surface area contributed by atoms with Gasteiger partial charge >= 0.3 is 0 Å². The first-order valence-electron chi connectivity index (χ1n) is 10.2. The molecule has 0 saturated heterocycles.